The Morgan fingerprint density at radius 2 is 2.11 bits per heavy atom. The molecule has 1 aliphatic rings. The van der Waals surface area contributed by atoms with Gasteiger partial charge in [0.05, 0.1) is 0 Å². The highest BCUT2D eigenvalue weighted by atomic mass is 35.5. The number of nitrogens with zero attached hydrogens (tertiary/aromatic N) is 3. The van der Waals surface area contributed by atoms with Gasteiger partial charge in [0.15, 0.2) is 0 Å². The summed E-state index contributed by atoms with van der Waals surface area (Å²) >= 11 is 5.59. The summed E-state index contributed by atoms with van der Waals surface area (Å²) in [6.45, 7) is 4.35. The average Bonchev–Trinajstić information content (AvgIpc) is 2.41. The maximum absolute atomic E-state index is 11.7. The Labute approximate surface area is 113 Å². The summed E-state index contributed by atoms with van der Waals surface area (Å²) in [4.78, 5) is 20.0. The Kier molecular flexibility index (Phi) is 4.96. The second kappa shape index (κ2) is 6.71. The Balaban J connectivity index is 1.78. The van der Waals surface area contributed by atoms with Gasteiger partial charge in [-0.3, -0.25) is 14.7 Å². The maximum atomic E-state index is 11.7. The zero-order chi connectivity index (χ0) is 12.8. The molecule has 0 spiro atoms. The van der Waals surface area contributed by atoms with E-state index in [0.29, 0.717) is 12.3 Å². The Morgan fingerprint density at radius 1 is 1.33 bits per heavy atom. The molecule has 1 aromatic rings. The van der Waals surface area contributed by atoms with Crippen LogP contribution in [-0.2, 0) is 11.3 Å². The molecule has 0 atom stereocenters. The van der Waals surface area contributed by atoms with Crippen molar-refractivity contribution in [3.63, 3.8) is 0 Å². The molecule has 1 saturated heterocycles. The average molecular weight is 268 g/mol. The molecule has 1 amide bonds. The number of rotatable bonds is 4. The first-order chi connectivity index (χ1) is 8.79. The van der Waals surface area contributed by atoms with Crippen molar-refractivity contribution in [3.05, 3.63) is 30.1 Å². The minimum atomic E-state index is 0.172. The third-order valence-corrected chi connectivity index (χ3v) is 3.35. The van der Waals surface area contributed by atoms with E-state index in [-0.39, 0.29) is 5.91 Å². The van der Waals surface area contributed by atoms with E-state index in [4.69, 9.17) is 11.6 Å². The Bertz CT molecular complexity index is 377. The number of hydrogen-bond acceptors (Lipinski definition) is 3. The summed E-state index contributed by atoms with van der Waals surface area (Å²) in [5, 5.41) is 0. The molecule has 0 bridgehead atoms. The zero-order valence-electron chi connectivity index (χ0n) is 10.4. The predicted molar refractivity (Wildman–Crippen MR) is 71.4 cm³/mol. The minimum absolute atomic E-state index is 0.172. The summed E-state index contributed by atoms with van der Waals surface area (Å²) in [5.41, 5.74) is 1.22. The lowest BCUT2D eigenvalue weighted by Gasteiger charge is -2.34. The van der Waals surface area contributed by atoms with E-state index >= 15 is 0 Å². The molecule has 1 aliphatic heterocycles. The number of hydrogen-bond donors (Lipinski definition) is 0. The van der Waals surface area contributed by atoms with Crippen LogP contribution in [0, 0.1) is 0 Å². The van der Waals surface area contributed by atoms with Gasteiger partial charge in [0.2, 0.25) is 5.91 Å². The van der Waals surface area contributed by atoms with Crippen LogP contribution in [0.1, 0.15) is 12.0 Å². The number of piperazine rings is 1. The lowest BCUT2D eigenvalue weighted by molar-refractivity contribution is -0.132. The van der Waals surface area contributed by atoms with Gasteiger partial charge in [0.25, 0.3) is 0 Å². The number of carbonyl (C=O) groups is 1. The molecule has 0 radical (unpaired) electrons. The lowest BCUT2D eigenvalue weighted by atomic mass is 10.2. The highest BCUT2D eigenvalue weighted by Gasteiger charge is 2.20. The van der Waals surface area contributed by atoms with Gasteiger partial charge in [-0.1, -0.05) is 6.07 Å². The van der Waals surface area contributed by atoms with Gasteiger partial charge >= 0.3 is 0 Å². The van der Waals surface area contributed by atoms with Gasteiger partial charge < -0.3 is 4.90 Å². The van der Waals surface area contributed by atoms with Crippen LogP contribution in [0.2, 0.25) is 0 Å². The normalized spacial score (nSPS) is 16.8. The van der Waals surface area contributed by atoms with Crippen molar-refractivity contribution in [2.24, 2.45) is 0 Å². The van der Waals surface area contributed by atoms with Crippen molar-refractivity contribution in [2.75, 3.05) is 32.1 Å². The van der Waals surface area contributed by atoms with Crippen LogP contribution >= 0.6 is 11.6 Å². The first-order valence-electron chi connectivity index (χ1n) is 6.24. The molecule has 0 unspecified atom stereocenters. The topological polar surface area (TPSA) is 36.4 Å². The van der Waals surface area contributed by atoms with Gasteiger partial charge in [-0.25, -0.2) is 0 Å². The van der Waals surface area contributed by atoms with E-state index in [9.17, 15) is 4.79 Å². The van der Waals surface area contributed by atoms with Crippen molar-refractivity contribution >= 4 is 17.5 Å². The monoisotopic (exact) mass is 267 g/mol. The molecule has 5 heteroatoms. The van der Waals surface area contributed by atoms with Crippen LogP contribution in [0.15, 0.2) is 24.5 Å². The Morgan fingerprint density at radius 3 is 2.72 bits per heavy atom. The standard InChI is InChI=1S/C13H18ClN3O/c14-4-3-13(18)17-8-6-16(7-9-17)11-12-2-1-5-15-10-12/h1-2,5,10H,3-4,6-9,11H2. The van der Waals surface area contributed by atoms with Crippen LogP contribution in [0.4, 0.5) is 0 Å². The summed E-state index contributed by atoms with van der Waals surface area (Å²) in [7, 11) is 0. The fourth-order valence-electron chi connectivity index (χ4n) is 2.14. The van der Waals surface area contributed by atoms with Crippen molar-refractivity contribution < 1.29 is 4.79 Å². The molecule has 2 rings (SSSR count). The van der Waals surface area contributed by atoms with E-state index in [1.807, 2.05) is 17.2 Å². The van der Waals surface area contributed by atoms with E-state index in [2.05, 4.69) is 16.0 Å². The van der Waals surface area contributed by atoms with Crippen molar-refractivity contribution in [3.8, 4) is 0 Å². The number of amides is 1. The zero-order valence-corrected chi connectivity index (χ0v) is 11.1. The quantitative estimate of drug-likeness (QED) is 0.773. The fraction of sp³-hybridized carbons (Fsp3) is 0.538. The second-order valence-corrected chi connectivity index (χ2v) is 4.84. The molecule has 4 nitrogen and oxygen atoms in total. The van der Waals surface area contributed by atoms with Crippen LogP contribution in [-0.4, -0.2) is 52.8 Å². The molecule has 0 aliphatic carbocycles. The SMILES string of the molecule is O=C(CCCl)N1CCN(Cc2cccnc2)CC1. The lowest BCUT2D eigenvalue weighted by Crippen LogP contribution is -2.48. The van der Waals surface area contributed by atoms with Gasteiger partial charge in [-0.2, -0.15) is 0 Å². The summed E-state index contributed by atoms with van der Waals surface area (Å²) < 4.78 is 0. The van der Waals surface area contributed by atoms with E-state index in [1.54, 1.807) is 6.20 Å². The van der Waals surface area contributed by atoms with E-state index < -0.39 is 0 Å². The molecular formula is C13H18ClN3O. The predicted octanol–water partition coefficient (Wildman–Crippen LogP) is 1.35. The van der Waals surface area contributed by atoms with E-state index in [0.717, 1.165) is 32.7 Å². The molecule has 0 saturated carbocycles. The minimum Gasteiger partial charge on any atom is -0.340 e. The van der Waals surface area contributed by atoms with Gasteiger partial charge in [-0.15, -0.1) is 11.6 Å². The number of pyridine rings is 1. The third kappa shape index (κ3) is 3.68. The third-order valence-electron chi connectivity index (χ3n) is 3.16. The molecular weight excluding hydrogens is 250 g/mol. The van der Waals surface area contributed by atoms with Crippen LogP contribution in [0.25, 0.3) is 0 Å². The van der Waals surface area contributed by atoms with E-state index in [1.165, 1.54) is 5.56 Å². The fourth-order valence-corrected chi connectivity index (χ4v) is 2.31. The summed E-state index contributed by atoms with van der Waals surface area (Å²) in [6.07, 6.45) is 4.13. The maximum Gasteiger partial charge on any atom is 0.223 e. The van der Waals surface area contributed by atoms with Gasteiger partial charge in [-0.05, 0) is 11.6 Å². The van der Waals surface area contributed by atoms with Gasteiger partial charge in [0.1, 0.15) is 0 Å². The molecule has 0 N–H and O–H groups in total. The van der Waals surface area contributed by atoms with Crippen LogP contribution < -0.4 is 0 Å². The van der Waals surface area contributed by atoms with Crippen LogP contribution in [0.3, 0.4) is 0 Å². The van der Waals surface area contributed by atoms with Crippen molar-refractivity contribution in [2.45, 2.75) is 13.0 Å². The second-order valence-electron chi connectivity index (χ2n) is 4.46. The largest absolute Gasteiger partial charge is 0.340 e. The highest BCUT2D eigenvalue weighted by Crippen LogP contribution is 2.08. The first kappa shape index (κ1) is 13.3. The summed E-state index contributed by atoms with van der Waals surface area (Å²) in [6, 6.07) is 4.04. The first-order valence-corrected chi connectivity index (χ1v) is 6.78. The molecule has 2 heterocycles. The van der Waals surface area contributed by atoms with Crippen molar-refractivity contribution in [1.29, 1.82) is 0 Å². The molecule has 1 aromatic heterocycles. The smallest absolute Gasteiger partial charge is 0.223 e. The molecule has 0 aromatic carbocycles. The molecule has 98 valence electrons. The number of alkyl halides is 1. The number of aromatic nitrogens is 1. The van der Waals surface area contributed by atoms with Crippen LogP contribution in [0.5, 0.6) is 0 Å². The number of carbonyl (C=O) groups excluding carboxylic acids is 1. The van der Waals surface area contributed by atoms with Gasteiger partial charge in [0, 0.05) is 57.4 Å². The van der Waals surface area contributed by atoms with Crippen molar-refractivity contribution in [1.82, 2.24) is 14.8 Å². The number of halogens is 1. The summed E-state index contributed by atoms with van der Waals surface area (Å²) in [5.74, 6) is 0.584. The Hall–Kier alpha value is -1.13. The highest BCUT2D eigenvalue weighted by molar-refractivity contribution is 6.18. The molecule has 18 heavy (non-hydrogen) atoms. The molecule has 1 fully saturated rings.